The second-order valence-corrected chi connectivity index (χ2v) is 10.5. The normalized spacial score (nSPS) is 30.3. The number of likely N-dealkylation sites (N-methyl/N-ethyl adjacent to an activating group) is 1. The second kappa shape index (κ2) is 8.35. The Morgan fingerprint density at radius 3 is 2.39 bits per heavy atom. The van der Waals surface area contributed by atoms with E-state index in [1.165, 1.54) is 4.90 Å². The average Bonchev–Trinajstić information content (AvgIpc) is 2.81. The molecule has 192 valence electrons. The van der Waals surface area contributed by atoms with E-state index in [9.17, 15) is 34.8 Å². The number of phenols is 1. The number of aromatic hydroxyl groups is 1. The number of carbonyl (C=O) groups excluding carboxylic acids is 3. The molecule has 1 aromatic rings. The number of carbonyl (C=O) groups is 3. The maximum atomic E-state index is 13.9. The van der Waals surface area contributed by atoms with Gasteiger partial charge < -0.3 is 31.1 Å². The van der Waals surface area contributed by atoms with Crippen molar-refractivity contribution in [1.29, 1.82) is 0 Å². The molecule has 0 aromatic heterocycles. The largest absolute Gasteiger partial charge is 0.508 e. The molecule has 0 spiro atoms. The molecule has 5 rings (SSSR count). The van der Waals surface area contributed by atoms with Gasteiger partial charge in [-0.25, -0.2) is 0 Å². The van der Waals surface area contributed by atoms with E-state index in [0.717, 1.165) is 32.4 Å². The molecule has 0 bridgehead atoms. The minimum Gasteiger partial charge on any atom is -0.508 e. The van der Waals surface area contributed by atoms with Crippen LogP contribution in [0.5, 0.6) is 5.75 Å². The van der Waals surface area contributed by atoms with Crippen LogP contribution in [-0.2, 0) is 20.8 Å². The summed E-state index contributed by atoms with van der Waals surface area (Å²) in [7, 11) is 3.15. The molecule has 3 aliphatic carbocycles. The Kier molecular flexibility index (Phi) is 5.64. The van der Waals surface area contributed by atoms with Crippen molar-refractivity contribution in [3.63, 3.8) is 0 Å². The lowest BCUT2D eigenvalue weighted by Crippen LogP contribution is -2.65. The summed E-state index contributed by atoms with van der Waals surface area (Å²) in [6, 6.07) is 2.56. The van der Waals surface area contributed by atoms with Gasteiger partial charge in [0.1, 0.15) is 22.8 Å². The van der Waals surface area contributed by atoms with Crippen LogP contribution in [0, 0.1) is 11.8 Å². The number of ketones is 2. The molecule has 1 aliphatic heterocycles. The number of hydrogen-bond acceptors (Lipinski definition) is 9. The first kappa shape index (κ1) is 24.3. The predicted octanol–water partition coefficient (Wildman–Crippen LogP) is 0.954. The first-order valence-electron chi connectivity index (χ1n) is 12.2. The van der Waals surface area contributed by atoms with Gasteiger partial charge in [0.25, 0.3) is 5.91 Å². The summed E-state index contributed by atoms with van der Waals surface area (Å²) in [4.78, 5) is 42.5. The van der Waals surface area contributed by atoms with E-state index in [0.29, 0.717) is 17.7 Å². The van der Waals surface area contributed by atoms with Gasteiger partial charge in [-0.15, -0.1) is 0 Å². The zero-order valence-corrected chi connectivity index (χ0v) is 20.3. The first-order chi connectivity index (χ1) is 17.0. The fourth-order valence-electron chi connectivity index (χ4n) is 6.60. The molecule has 4 atom stereocenters. The minimum absolute atomic E-state index is 0.0837. The number of hydrogen-bond donors (Lipinski definition) is 5. The number of anilines is 1. The van der Waals surface area contributed by atoms with Gasteiger partial charge in [0.05, 0.1) is 17.3 Å². The molecule has 4 aliphatic rings. The van der Waals surface area contributed by atoms with Gasteiger partial charge in [-0.3, -0.25) is 19.3 Å². The Morgan fingerprint density at radius 1 is 1.11 bits per heavy atom. The SMILES string of the molecule is CN(C)C1C(=O)C(C(N)=O)=C(O)[C@]2(O)C(=O)C3=C(O)c4c(ccc(N5CCCCC5)c4O)C[C@H]3C[C@@H]12. The van der Waals surface area contributed by atoms with E-state index in [2.05, 4.69) is 0 Å². The van der Waals surface area contributed by atoms with Crippen molar-refractivity contribution in [2.24, 2.45) is 17.6 Å². The zero-order chi connectivity index (χ0) is 26.1. The monoisotopic (exact) mass is 497 g/mol. The third-order valence-corrected chi connectivity index (χ3v) is 8.27. The van der Waals surface area contributed by atoms with E-state index in [4.69, 9.17) is 5.73 Å². The number of fused-ring (bicyclic) bond motifs is 3. The fourth-order valence-corrected chi connectivity index (χ4v) is 6.60. The highest BCUT2D eigenvalue weighted by atomic mass is 16.3. The molecule has 1 heterocycles. The molecule has 1 aromatic carbocycles. The fraction of sp³-hybridized carbons (Fsp3) is 0.500. The third-order valence-electron chi connectivity index (χ3n) is 8.27. The smallest absolute Gasteiger partial charge is 0.255 e. The number of primary amides is 1. The van der Waals surface area contributed by atoms with Crippen LogP contribution in [0.1, 0.15) is 36.8 Å². The highest BCUT2D eigenvalue weighted by Crippen LogP contribution is 2.53. The predicted molar refractivity (Wildman–Crippen MR) is 130 cm³/mol. The van der Waals surface area contributed by atoms with E-state index >= 15 is 0 Å². The summed E-state index contributed by atoms with van der Waals surface area (Å²) in [6.45, 7) is 1.53. The average molecular weight is 498 g/mol. The molecular formula is C26H31N3O7. The van der Waals surface area contributed by atoms with E-state index in [1.807, 2.05) is 17.0 Å². The highest BCUT2D eigenvalue weighted by Gasteiger charge is 2.64. The topological polar surface area (TPSA) is 165 Å². The summed E-state index contributed by atoms with van der Waals surface area (Å²) >= 11 is 0. The summed E-state index contributed by atoms with van der Waals surface area (Å²) in [6.07, 6.45) is 3.45. The Morgan fingerprint density at radius 2 is 1.78 bits per heavy atom. The van der Waals surface area contributed by atoms with Gasteiger partial charge in [-0.2, -0.15) is 0 Å². The molecule has 0 radical (unpaired) electrons. The molecule has 1 saturated heterocycles. The lowest BCUT2D eigenvalue weighted by Gasteiger charge is -2.50. The Hall–Kier alpha value is -3.37. The van der Waals surface area contributed by atoms with E-state index in [1.54, 1.807) is 14.1 Å². The lowest BCUT2D eigenvalue weighted by molar-refractivity contribution is -0.153. The standard InChI is InChI=1S/C26H31N3O7/c1-28(2)19-14-11-13-10-12-6-7-15(29-8-4-3-5-9-29)20(30)16(12)21(31)17(13)23(33)26(14,36)24(34)18(22(19)32)25(27)35/h6-7,13-14,19,30-31,34,36H,3-5,8-11H2,1-2H3,(H2,27,35)/t13-,14-,19?,26+/m0/s1. The molecule has 10 heteroatoms. The maximum Gasteiger partial charge on any atom is 0.255 e. The molecule has 10 nitrogen and oxygen atoms in total. The van der Waals surface area contributed by atoms with Gasteiger partial charge >= 0.3 is 0 Å². The van der Waals surface area contributed by atoms with Crippen LogP contribution in [0.2, 0.25) is 0 Å². The van der Waals surface area contributed by atoms with Crippen LogP contribution in [0.3, 0.4) is 0 Å². The Labute approximate surface area is 208 Å². The molecule has 1 amide bonds. The van der Waals surface area contributed by atoms with Crippen molar-refractivity contribution < 1.29 is 34.8 Å². The number of Topliss-reactive ketones (excluding diaryl/α,β-unsaturated/α-hetero) is 2. The van der Waals surface area contributed by atoms with Crippen molar-refractivity contribution in [2.75, 3.05) is 32.1 Å². The van der Waals surface area contributed by atoms with Crippen molar-refractivity contribution in [3.8, 4) is 5.75 Å². The molecule has 2 fully saturated rings. The number of rotatable bonds is 3. The van der Waals surface area contributed by atoms with Gasteiger partial charge in [0.15, 0.2) is 11.4 Å². The van der Waals surface area contributed by atoms with Crippen molar-refractivity contribution in [3.05, 3.63) is 40.2 Å². The Bertz CT molecular complexity index is 1240. The summed E-state index contributed by atoms with van der Waals surface area (Å²) < 4.78 is 0. The number of benzene rings is 1. The minimum atomic E-state index is -2.62. The maximum absolute atomic E-state index is 13.9. The third kappa shape index (κ3) is 3.20. The summed E-state index contributed by atoms with van der Waals surface area (Å²) in [5, 5.41) is 45.0. The van der Waals surface area contributed by atoms with E-state index < -0.39 is 58.0 Å². The first-order valence-corrected chi connectivity index (χ1v) is 12.2. The summed E-state index contributed by atoms with van der Waals surface area (Å²) in [5.41, 5.74) is 3.13. The van der Waals surface area contributed by atoms with Crippen LogP contribution in [-0.4, -0.2) is 81.6 Å². The molecule has 6 N–H and O–H groups in total. The van der Waals surface area contributed by atoms with Crippen LogP contribution >= 0.6 is 0 Å². The summed E-state index contributed by atoms with van der Waals surface area (Å²) in [5.74, 6) is -6.31. The van der Waals surface area contributed by atoms with Crippen LogP contribution < -0.4 is 10.6 Å². The molecule has 36 heavy (non-hydrogen) atoms. The number of amides is 1. The van der Waals surface area contributed by atoms with Crippen molar-refractivity contribution in [2.45, 2.75) is 43.7 Å². The number of aliphatic hydroxyl groups is 3. The quantitative estimate of drug-likeness (QED) is 0.382. The van der Waals surface area contributed by atoms with E-state index in [-0.39, 0.29) is 23.3 Å². The van der Waals surface area contributed by atoms with Gasteiger partial charge in [0, 0.05) is 24.6 Å². The lowest BCUT2D eigenvalue weighted by atomic mass is 9.57. The number of piperidine rings is 1. The number of phenolic OH excluding ortho intramolecular Hbond substituents is 1. The molecule has 1 unspecified atom stereocenters. The highest BCUT2D eigenvalue weighted by molar-refractivity contribution is 6.24. The second-order valence-electron chi connectivity index (χ2n) is 10.5. The van der Waals surface area contributed by atoms with Gasteiger partial charge in [-0.05, 0) is 63.7 Å². The molecular weight excluding hydrogens is 466 g/mol. The number of nitrogens with two attached hydrogens (primary N) is 1. The number of aliphatic hydroxyl groups excluding tert-OH is 2. The van der Waals surface area contributed by atoms with Crippen LogP contribution in [0.15, 0.2) is 29.0 Å². The Balaban J connectivity index is 1.67. The van der Waals surface area contributed by atoms with Gasteiger partial charge in [-0.1, -0.05) is 6.07 Å². The van der Waals surface area contributed by atoms with Crippen LogP contribution in [0.4, 0.5) is 5.69 Å². The zero-order valence-electron chi connectivity index (χ0n) is 20.3. The van der Waals surface area contributed by atoms with Crippen LogP contribution in [0.25, 0.3) is 5.76 Å². The number of nitrogens with zero attached hydrogens (tertiary/aromatic N) is 2. The van der Waals surface area contributed by atoms with Crippen molar-refractivity contribution in [1.82, 2.24) is 4.90 Å². The molecule has 1 saturated carbocycles. The van der Waals surface area contributed by atoms with Gasteiger partial charge in [0.2, 0.25) is 5.78 Å². The van der Waals surface area contributed by atoms with Crippen molar-refractivity contribution >= 4 is 28.9 Å².